The van der Waals surface area contributed by atoms with Crippen LogP contribution in [0, 0.1) is 0 Å². The standard InChI is InChI=1S/C11H12IO2P/c12-15-14-10-3-4-11-8(5-6-13)1-2-9(11)7-10/h3-4,6-8,15H,1-2,5H2. The summed E-state index contributed by atoms with van der Waals surface area (Å²) in [7, 11) is 0. The van der Waals surface area contributed by atoms with Gasteiger partial charge < -0.3 is 9.32 Å². The van der Waals surface area contributed by atoms with Crippen molar-refractivity contribution >= 4 is 34.8 Å². The summed E-state index contributed by atoms with van der Waals surface area (Å²) in [5.74, 6) is 1.39. The zero-order valence-corrected chi connectivity index (χ0v) is 11.4. The Morgan fingerprint density at radius 2 is 2.47 bits per heavy atom. The van der Waals surface area contributed by atoms with Crippen LogP contribution in [0.2, 0.25) is 0 Å². The summed E-state index contributed by atoms with van der Waals surface area (Å²) in [6, 6.07) is 6.24. The number of carbonyl (C=O) groups excluding carboxylic acids is 1. The number of fused-ring (bicyclic) bond motifs is 1. The van der Waals surface area contributed by atoms with Crippen LogP contribution in [0.25, 0.3) is 0 Å². The van der Waals surface area contributed by atoms with Crippen molar-refractivity contribution in [1.29, 1.82) is 0 Å². The van der Waals surface area contributed by atoms with E-state index in [1.807, 2.05) is 6.07 Å². The van der Waals surface area contributed by atoms with Crippen LogP contribution in [-0.2, 0) is 11.2 Å². The SMILES string of the molecule is O=CCC1CCc2cc(OPI)ccc21. The van der Waals surface area contributed by atoms with Gasteiger partial charge in [0.25, 0.3) is 0 Å². The van der Waals surface area contributed by atoms with Crippen LogP contribution in [0.3, 0.4) is 0 Å². The maximum Gasteiger partial charge on any atom is 0.137 e. The van der Waals surface area contributed by atoms with E-state index in [9.17, 15) is 4.79 Å². The van der Waals surface area contributed by atoms with Crippen LogP contribution in [-0.4, -0.2) is 6.29 Å². The number of aldehydes is 1. The molecule has 0 saturated heterocycles. The maximum absolute atomic E-state index is 10.5. The average molecular weight is 334 g/mol. The van der Waals surface area contributed by atoms with Crippen molar-refractivity contribution in [2.45, 2.75) is 25.2 Å². The first-order chi connectivity index (χ1) is 7.35. The van der Waals surface area contributed by atoms with Crippen molar-refractivity contribution in [3.8, 4) is 5.75 Å². The fraction of sp³-hybridized carbons (Fsp3) is 0.364. The molecule has 0 aliphatic heterocycles. The van der Waals surface area contributed by atoms with Crippen molar-refractivity contribution in [3.05, 3.63) is 29.3 Å². The molecule has 0 N–H and O–H groups in total. The summed E-state index contributed by atoms with van der Waals surface area (Å²) < 4.78 is 5.47. The summed E-state index contributed by atoms with van der Waals surface area (Å²) in [5.41, 5.74) is 2.69. The normalized spacial score (nSPS) is 19.4. The second-order valence-electron chi connectivity index (χ2n) is 3.68. The molecule has 0 saturated carbocycles. The Labute approximate surface area is 104 Å². The monoisotopic (exact) mass is 334 g/mol. The number of benzene rings is 1. The van der Waals surface area contributed by atoms with Gasteiger partial charge in [0, 0.05) is 6.42 Å². The number of rotatable bonds is 4. The van der Waals surface area contributed by atoms with Gasteiger partial charge in [0.1, 0.15) is 18.5 Å². The molecule has 0 spiro atoms. The van der Waals surface area contributed by atoms with Crippen LogP contribution in [0.15, 0.2) is 18.2 Å². The third-order valence-corrected chi connectivity index (χ3v) is 3.83. The predicted molar refractivity (Wildman–Crippen MR) is 71.1 cm³/mol. The lowest BCUT2D eigenvalue weighted by Crippen LogP contribution is -1.93. The molecule has 4 heteroatoms. The van der Waals surface area contributed by atoms with Gasteiger partial charge in [0.05, 0.1) is 0 Å². The number of halogens is 1. The summed E-state index contributed by atoms with van der Waals surface area (Å²) in [6.07, 6.45) is 3.86. The Hall–Kier alpha value is -0.150. The van der Waals surface area contributed by atoms with E-state index in [1.54, 1.807) is 0 Å². The summed E-state index contributed by atoms with van der Waals surface area (Å²) in [4.78, 5) is 10.5. The van der Waals surface area contributed by atoms with Crippen molar-refractivity contribution in [2.24, 2.45) is 0 Å². The Kier molecular flexibility index (Phi) is 3.98. The maximum atomic E-state index is 10.5. The zero-order valence-electron chi connectivity index (χ0n) is 8.20. The molecule has 2 unspecified atom stereocenters. The minimum absolute atomic E-state index is 0.439. The highest BCUT2D eigenvalue weighted by atomic mass is 127. The van der Waals surface area contributed by atoms with Crippen molar-refractivity contribution in [1.82, 2.24) is 0 Å². The minimum atomic E-state index is 0.439. The van der Waals surface area contributed by atoms with Crippen LogP contribution >= 0.6 is 28.5 Å². The predicted octanol–water partition coefficient (Wildman–Crippen LogP) is 3.63. The molecule has 2 rings (SSSR count). The number of hydrogen-bond acceptors (Lipinski definition) is 2. The van der Waals surface area contributed by atoms with Gasteiger partial charge in [-0.1, -0.05) is 6.07 Å². The molecule has 0 bridgehead atoms. The zero-order chi connectivity index (χ0) is 10.7. The molecule has 15 heavy (non-hydrogen) atoms. The van der Waals surface area contributed by atoms with Crippen molar-refractivity contribution < 1.29 is 9.32 Å². The van der Waals surface area contributed by atoms with Gasteiger partial charge in [-0.25, -0.2) is 0 Å². The van der Waals surface area contributed by atoms with Crippen LogP contribution < -0.4 is 4.52 Å². The van der Waals surface area contributed by atoms with E-state index >= 15 is 0 Å². The summed E-state index contributed by atoms with van der Waals surface area (Å²) in [5, 5.41) is 0. The fourth-order valence-electron chi connectivity index (χ4n) is 2.15. The second-order valence-corrected chi connectivity index (χ2v) is 5.36. The van der Waals surface area contributed by atoms with E-state index in [4.69, 9.17) is 4.52 Å². The molecule has 2 atom stereocenters. The fourth-order valence-corrected chi connectivity index (χ4v) is 3.13. The van der Waals surface area contributed by atoms with E-state index in [1.165, 1.54) is 11.1 Å². The molecule has 1 aliphatic rings. The number of aryl methyl sites for hydroxylation is 1. The third kappa shape index (κ3) is 2.51. The van der Waals surface area contributed by atoms with E-state index in [2.05, 4.69) is 34.2 Å². The van der Waals surface area contributed by atoms with Crippen molar-refractivity contribution in [3.63, 3.8) is 0 Å². The first-order valence-electron chi connectivity index (χ1n) is 4.94. The number of carbonyl (C=O) groups is 1. The van der Waals surface area contributed by atoms with Crippen LogP contribution in [0.1, 0.15) is 29.9 Å². The number of hydrogen-bond donors (Lipinski definition) is 0. The molecule has 1 aromatic carbocycles. The third-order valence-electron chi connectivity index (χ3n) is 2.85. The molecule has 2 nitrogen and oxygen atoms in total. The van der Waals surface area contributed by atoms with E-state index < -0.39 is 0 Å². The molecule has 0 radical (unpaired) electrons. The highest BCUT2D eigenvalue weighted by Crippen LogP contribution is 2.38. The van der Waals surface area contributed by atoms with Gasteiger partial charge in [-0.3, -0.25) is 0 Å². The smallest absolute Gasteiger partial charge is 0.137 e. The van der Waals surface area contributed by atoms with Gasteiger partial charge in [0.2, 0.25) is 0 Å². The quantitative estimate of drug-likeness (QED) is 0.478. The van der Waals surface area contributed by atoms with Crippen LogP contribution in [0.4, 0.5) is 0 Å². The van der Waals surface area contributed by atoms with Crippen molar-refractivity contribution in [2.75, 3.05) is 0 Å². The summed E-state index contributed by atoms with van der Waals surface area (Å²) in [6.45, 7) is 0.458. The van der Waals surface area contributed by atoms with Gasteiger partial charge in [-0.05, 0) is 64.1 Å². The average Bonchev–Trinajstić information content (AvgIpc) is 2.62. The van der Waals surface area contributed by atoms with E-state index in [-0.39, 0.29) is 0 Å². The highest BCUT2D eigenvalue weighted by molar-refractivity contribution is 14.2. The summed E-state index contributed by atoms with van der Waals surface area (Å²) >= 11 is 2.22. The molecule has 0 fully saturated rings. The molecule has 1 aliphatic carbocycles. The highest BCUT2D eigenvalue weighted by Gasteiger charge is 2.22. The minimum Gasteiger partial charge on any atom is -0.467 e. The Bertz CT molecular complexity index is 368. The van der Waals surface area contributed by atoms with Gasteiger partial charge in [-0.2, -0.15) is 0 Å². The lowest BCUT2D eigenvalue weighted by atomic mass is 9.99. The van der Waals surface area contributed by atoms with Gasteiger partial charge in [-0.15, -0.1) is 0 Å². The molecule has 1 aromatic rings. The Morgan fingerprint density at radius 1 is 1.60 bits per heavy atom. The molecule has 0 aromatic heterocycles. The first-order valence-corrected chi connectivity index (χ1v) is 8.96. The molecular weight excluding hydrogens is 322 g/mol. The van der Waals surface area contributed by atoms with E-state index in [0.29, 0.717) is 18.8 Å². The second kappa shape index (κ2) is 5.26. The van der Waals surface area contributed by atoms with Gasteiger partial charge >= 0.3 is 0 Å². The lowest BCUT2D eigenvalue weighted by molar-refractivity contribution is -0.108. The largest absolute Gasteiger partial charge is 0.467 e. The lowest BCUT2D eigenvalue weighted by Gasteiger charge is -2.08. The Morgan fingerprint density at radius 3 is 3.20 bits per heavy atom. The molecular formula is C11H12IO2P. The van der Waals surface area contributed by atoms with Crippen LogP contribution in [0.5, 0.6) is 5.75 Å². The molecule has 0 amide bonds. The topological polar surface area (TPSA) is 26.3 Å². The first kappa shape index (κ1) is 11.3. The molecule has 0 heterocycles. The van der Waals surface area contributed by atoms with Gasteiger partial charge in [0.15, 0.2) is 0 Å². The van der Waals surface area contributed by atoms with E-state index in [0.717, 1.165) is 24.9 Å². The molecule has 80 valence electrons. The Balaban J connectivity index is 2.21.